The van der Waals surface area contributed by atoms with Crippen molar-refractivity contribution in [2.24, 2.45) is 0 Å². The molecule has 0 saturated carbocycles. The van der Waals surface area contributed by atoms with Crippen LogP contribution >= 0.6 is 11.3 Å². The Hall–Kier alpha value is -4.18. The summed E-state index contributed by atoms with van der Waals surface area (Å²) in [6.07, 6.45) is 6.12. The maximum Gasteiger partial charge on any atom is 0.341 e. The molecule has 0 aliphatic carbocycles. The number of benzene rings is 2. The van der Waals surface area contributed by atoms with E-state index in [4.69, 9.17) is 14.2 Å². The number of amides is 1. The van der Waals surface area contributed by atoms with Gasteiger partial charge >= 0.3 is 5.97 Å². The highest BCUT2D eigenvalue weighted by Gasteiger charge is 2.23. The van der Waals surface area contributed by atoms with E-state index < -0.39 is 16.8 Å². The number of carbonyl (C=O) groups excluding carboxylic acids is 2. The molecule has 0 saturated heterocycles. The normalized spacial score (nSPS) is 10.8. The lowest BCUT2D eigenvalue weighted by molar-refractivity contribution is -0.384. The maximum atomic E-state index is 12.8. The standard InChI is InChI=1S/C28H30N2O7S/c1-4-6-7-15-37-23-13-11-19(16-24(23)35-3)12-14-25(31)29-27-26(28(32)36-5-2)22(18-38-27)20-9-8-10-21(17-20)30(33)34/h8-14,16-18H,4-7,15H2,1-3H3,(H,29,31)/b14-12+. The number of thiophene rings is 1. The van der Waals surface area contributed by atoms with Crippen LogP contribution in [0.25, 0.3) is 17.2 Å². The monoisotopic (exact) mass is 538 g/mol. The fourth-order valence-corrected chi connectivity index (χ4v) is 4.58. The van der Waals surface area contributed by atoms with Crippen LogP contribution in [0.3, 0.4) is 0 Å². The lowest BCUT2D eigenvalue weighted by Crippen LogP contribution is -2.12. The van der Waals surface area contributed by atoms with Gasteiger partial charge in [0.1, 0.15) is 10.6 Å². The van der Waals surface area contributed by atoms with E-state index in [1.807, 2.05) is 6.07 Å². The summed E-state index contributed by atoms with van der Waals surface area (Å²) in [4.78, 5) is 36.2. The average Bonchev–Trinajstić information content (AvgIpc) is 3.34. The number of unbranched alkanes of at least 4 members (excludes halogenated alkanes) is 2. The Morgan fingerprint density at radius 1 is 1.11 bits per heavy atom. The second-order valence-electron chi connectivity index (χ2n) is 8.17. The molecule has 0 aliphatic rings. The average molecular weight is 539 g/mol. The molecule has 38 heavy (non-hydrogen) atoms. The van der Waals surface area contributed by atoms with Crippen LogP contribution in [0.4, 0.5) is 10.7 Å². The number of nitrogens with one attached hydrogen (secondary N) is 1. The summed E-state index contributed by atoms with van der Waals surface area (Å²) in [5.41, 5.74) is 1.68. The Kier molecular flexibility index (Phi) is 10.4. The van der Waals surface area contributed by atoms with Gasteiger partial charge in [0.15, 0.2) is 11.5 Å². The van der Waals surface area contributed by atoms with Gasteiger partial charge in [-0.05, 0) is 42.7 Å². The van der Waals surface area contributed by atoms with Crippen molar-refractivity contribution in [1.82, 2.24) is 0 Å². The fraction of sp³-hybridized carbons (Fsp3) is 0.286. The number of methoxy groups -OCH3 is 1. The number of hydrogen-bond acceptors (Lipinski definition) is 8. The highest BCUT2D eigenvalue weighted by atomic mass is 32.1. The van der Waals surface area contributed by atoms with E-state index in [9.17, 15) is 19.7 Å². The largest absolute Gasteiger partial charge is 0.493 e. The molecule has 1 aromatic heterocycles. The first-order chi connectivity index (χ1) is 18.4. The van der Waals surface area contributed by atoms with Gasteiger partial charge in [-0.3, -0.25) is 14.9 Å². The zero-order chi connectivity index (χ0) is 27.5. The van der Waals surface area contributed by atoms with Crippen LogP contribution in [-0.2, 0) is 9.53 Å². The van der Waals surface area contributed by atoms with Crippen molar-refractivity contribution in [3.05, 3.63) is 75.2 Å². The van der Waals surface area contributed by atoms with Crippen LogP contribution in [-0.4, -0.2) is 37.1 Å². The van der Waals surface area contributed by atoms with E-state index in [0.717, 1.165) is 36.2 Å². The number of hydrogen-bond donors (Lipinski definition) is 1. The lowest BCUT2D eigenvalue weighted by atomic mass is 10.0. The first-order valence-electron chi connectivity index (χ1n) is 12.2. The molecule has 0 fully saturated rings. The zero-order valence-electron chi connectivity index (χ0n) is 21.5. The summed E-state index contributed by atoms with van der Waals surface area (Å²) in [5.74, 6) is 0.112. The van der Waals surface area contributed by atoms with Gasteiger partial charge in [-0.15, -0.1) is 11.3 Å². The molecule has 0 atom stereocenters. The zero-order valence-corrected chi connectivity index (χ0v) is 22.3. The minimum Gasteiger partial charge on any atom is -0.493 e. The van der Waals surface area contributed by atoms with E-state index in [2.05, 4.69) is 12.2 Å². The van der Waals surface area contributed by atoms with E-state index in [1.165, 1.54) is 24.3 Å². The van der Waals surface area contributed by atoms with Gasteiger partial charge in [-0.25, -0.2) is 4.79 Å². The molecule has 0 radical (unpaired) electrons. The number of nitrogens with zero attached hydrogens (tertiary/aromatic N) is 1. The quantitative estimate of drug-likeness (QED) is 0.0843. The number of anilines is 1. The van der Waals surface area contributed by atoms with Gasteiger partial charge in [0.25, 0.3) is 5.69 Å². The summed E-state index contributed by atoms with van der Waals surface area (Å²) in [6, 6.07) is 11.3. The molecule has 1 amide bonds. The van der Waals surface area contributed by atoms with Gasteiger partial charge in [0, 0.05) is 29.2 Å². The van der Waals surface area contributed by atoms with Crippen LogP contribution in [0, 0.1) is 10.1 Å². The summed E-state index contributed by atoms with van der Waals surface area (Å²) in [5, 5.41) is 15.9. The molecule has 1 N–H and O–H groups in total. The van der Waals surface area contributed by atoms with Gasteiger partial charge < -0.3 is 19.5 Å². The molecular formula is C28H30N2O7S. The van der Waals surface area contributed by atoms with Crippen LogP contribution in [0.1, 0.15) is 49.0 Å². The van der Waals surface area contributed by atoms with Gasteiger partial charge in [0.2, 0.25) is 5.91 Å². The fourth-order valence-electron chi connectivity index (χ4n) is 3.62. The molecule has 0 unspecified atom stereocenters. The second-order valence-corrected chi connectivity index (χ2v) is 9.05. The molecule has 0 bridgehead atoms. The Morgan fingerprint density at radius 2 is 1.92 bits per heavy atom. The summed E-state index contributed by atoms with van der Waals surface area (Å²) in [7, 11) is 1.56. The third-order valence-corrected chi connectivity index (χ3v) is 6.39. The number of ether oxygens (including phenoxy) is 3. The van der Waals surface area contributed by atoms with E-state index >= 15 is 0 Å². The van der Waals surface area contributed by atoms with Crippen LogP contribution in [0.2, 0.25) is 0 Å². The minimum atomic E-state index is -0.631. The summed E-state index contributed by atoms with van der Waals surface area (Å²) >= 11 is 1.14. The van der Waals surface area contributed by atoms with Crippen molar-refractivity contribution < 1.29 is 28.7 Å². The number of nitro groups is 1. The van der Waals surface area contributed by atoms with Crippen LogP contribution < -0.4 is 14.8 Å². The Labute approximate surface area is 225 Å². The molecule has 9 nitrogen and oxygen atoms in total. The SMILES string of the molecule is CCCCCOc1ccc(/C=C/C(=O)Nc2scc(-c3cccc([N+](=O)[O-])c3)c2C(=O)OCC)cc1OC. The number of carbonyl (C=O) groups is 2. The Bertz CT molecular complexity index is 1320. The van der Waals surface area contributed by atoms with Crippen molar-refractivity contribution in [3.8, 4) is 22.6 Å². The number of non-ortho nitro benzene ring substituents is 1. The van der Waals surface area contributed by atoms with Crippen molar-refractivity contribution in [2.75, 3.05) is 25.6 Å². The van der Waals surface area contributed by atoms with Crippen molar-refractivity contribution >= 4 is 40.0 Å². The smallest absolute Gasteiger partial charge is 0.341 e. The lowest BCUT2D eigenvalue weighted by Gasteiger charge is -2.11. The molecule has 0 aliphatic heterocycles. The predicted octanol–water partition coefficient (Wildman–Crippen LogP) is 6.73. The highest BCUT2D eigenvalue weighted by Crippen LogP contribution is 2.37. The van der Waals surface area contributed by atoms with Gasteiger partial charge in [0.05, 0.1) is 25.2 Å². The minimum absolute atomic E-state index is 0.107. The summed E-state index contributed by atoms with van der Waals surface area (Å²) in [6.45, 7) is 4.54. The molecule has 3 rings (SSSR count). The molecule has 2 aromatic carbocycles. The maximum absolute atomic E-state index is 12.8. The van der Waals surface area contributed by atoms with Crippen molar-refractivity contribution in [2.45, 2.75) is 33.1 Å². The number of rotatable bonds is 13. The van der Waals surface area contributed by atoms with Gasteiger partial charge in [-0.1, -0.05) is 38.0 Å². The van der Waals surface area contributed by atoms with E-state index in [0.29, 0.717) is 29.2 Å². The molecule has 3 aromatic rings. The molecule has 0 spiro atoms. The Morgan fingerprint density at radius 3 is 2.63 bits per heavy atom. The van der Waals surface area contributed by atoms with Crippen LogP contribution in [0.15, 0.2) is 53.9 Å². The first-order valence-corrected chi connectivity index (χ1v) is 13.1. The third kappa shape index (κ3) is 7.42. The third-order valence-electron chi connectivity index (χ3n) is 5.50. The highest BCUT2D eigenvalue weighted by molar-refractivity contribution is 7.15. The van der Waals surface area contributed by atoms with Gasteiger partial charge in [-0.2, -0.15) is 0 Å². The van der Waals surface area contributed by atoms with E-state index in [1.54, 1.807) is 43.7 Å². The topological polar surface area (TPSA) is 117 Å². The number of esters is 1. The molecule has 200 valence electrons. The van der Waals surface area contributed by atoms with Crippen LogP contribution in [0.5, 0.6) is 11.5 Å². The van der Waals surface area contributed by atoms with E-state index in [-0.39, 0.29) is 22.9 Å². The van der Waals surface area contributed by atoms with Crippen molar-refractivity contribution in [3.63, 3.8) is 0 Å². The summed E-state index contributed by atoms with van der Waals surface area (Å²) < 4.78 is 16.4. The second kappa shape index (κ2) is 13.9. The first kappa shape index (κ1) is 28.4. The molecular weight excluding hydrogens is 508 g/mol. The molecule has 1 heterocycles. The van der Waals surface area contributed by atoms with Crippen molar-refractivity contribution in [1.29, 1.82) is 0 Å². The Balaban J connectivity index is 1.79. The number of nitro benzene ring substituents is 1. The molecule has 10 heteroatoms. The predicted molar refractivity (Wildman–Crippen MR) is 148 cm³/mol.